The number of non-ortho nitro benzene ring substituents is 1. The van der Waals surface area contributed by atoms with Gasteiger partial charge in [0.15, 0.2) is 16.3 Å². The molecule has 13 heteroatoms. The SMILES string of the molecule is CCOC(=O)C1=C(C)N=c2sc(=Cc3cc([N+](=O)[O-])ccc3N3CCCC3)c(=O)n2C1c1cc(OC)c(OC)c(OC)c1. The number of carbonyl (C=O) groups is 1. The number of anilines is 1. The van der Waals surface area contributed by atoms with Crippen LogP contribution in [-0.4, -0.2) is 56.5 Å². The molecule has 0 N–H and O–H groups in total. The lowest BCUT2D eigenvalue weighted by atomic mass is 9.95. The number of ether oxygens (including phenoxy) is 4. The number of nitro benzene ring substituents is 1. The van der Waals surface area contributed by atoms with Crippen LogP contribution in [0.25, 0.3) is 6.08 Å². The van der Waals surface area contributed by atoms with Crippen molar-refractivity contribution in [3.63, 3.8) is 0 Å². The Morgan fingerprint density at radius 2 is 1.79 bits per heavy atom. The zero-order chi connectivity index (χ0) is 30.8. The second-order valence-electron chi connectivity index (χ2n) is 9.96. The van der Waals surface area contributed by atoms with Crippen molar-refractivity contribution in [3.05, 3.63) is 82.5 Å². The molecule has 43 heavy (non-hydrogen) atoms. The van der Waals surface area contributed by atoms with E-state index in [0.717, 1.165) is 43.0 Å². The Morgan fingerprint density at radius 1 is 1.12 bits per heavy atom. The number of allylic oxidation sites excluding steroid dienone is 1. The van der Waals surface area contributed by atoms with E-state index in [1.165, 1.54) is 38.0 Å². The van der Waals surface area contributed by atoms with Crippen molar-refractivity contribution in [2.24, 2.45) is 4.99 Å². The highest BCUT2D eigenvalue weighted by Crippen LogP contribution is 2.42. The second-order valence-corrected chi connectivity index (χ2v) is 11.0. The van der Waals surface area contributed by atoms with Crippen molar-refractivity contribution in [1.29, 1.82) is 0 Å². The average molecular weight is 609 g/mol. The fourth-order valence-electron chi connectivity index (χ4n) is 5.52. The first-order valence-corrected chi connectivity index (χ1v) is 14.6. The Labute approximate surface area is 251 Å². The second kappa shape index (κ2) is 12.3. The van der Waals surface area contributed by atoms with E-state index in [-0.39, 0.29) is 17.9 Å². The molecule has 0 spiro atoms. The molecule has 1 fully saturated rings. The number of hydrogen-bond donors (Lipinski definition) is 0. The van der Waals surface area contributed by atoms with Crippen molar-refractivity contribution in [2.45, 2.75) is 32.7 Å². The molecule has 2 aliphatic rings. The van der Waals surface area contributed by atoms with Crippen molar-refractivity contribution in [2.75, 3.05) is 45.9 Å². The van der Waals surface area contributed by atoms with Crippen LogP contribution in [0.2, 0.25) is 0 Å². The van der Waals surface area contributed by atoms with Gasteiger partial charge >= 0.3 is 5.97 Å². The van der Waals surface area contributed by atoms with Gasteiger partial charge in [0.05, 0.1) is 54.7 Å². The predicted octanol–water partition coefficient (Wildman–Crippen LogP) is 3.33. The Morgan fingerprint density at radius 3 is 2.37 bits per heavy atom. The number of nitrogens with zero attached hydrogens (tertiary/aromatic N) is 4. The molecule has 0 aliphatic carbocycles. The van der Waals surface area contributed by atoms with Crippen LogP contribution in [0.3, 0.4) is 0 Å². The summed E-state index contributed by atoms with van der Waals surface area (Å²) >= 11 is 1.15. The molecule has 5 rings (SSSR count). The third kappa shape index (κ3) is 5.47. The monoisotopic (exact) mass is 608 g/mol. The van der Waals surface area contributed by atoms with Crippen molar-refractivity contribution in [1.82, 2.24) is 4.57 Å². The van der Waals surface area contributed by atoms with Crippen LogP contribution in [0, 0.1) is 10.1 Å². The standard InChI is InChI=1S/C30H32N4O8S/c1-6-42-29(36)25-17(2)31-30-33(26(25)19-14-22(39-3)27(41-5)23(15-19)40-4)28(35)24(43-30)16-18-13-20(34(37)38)9-10-21(18)32-11-7-8-12-32/h9-10,13-16,26H,6-8,11-12H2,1-5H3. The highest BCUT2D eigenvalue weighted by Gasteiger charge is 2.35. The van der Waals surface area contributed by atoms with Crippen molar-refractivity contribution < 1.29 is 28.7 Å². The lowest BCUT2D eigenvalue weighted by Crippen LogP contribution is -2.40. The quantitative estimate of drug-likeness (QED) is 0.204. The summed E-state index contributed by atoms with van der Waals surface area (Å²) in [7, 11) is 4.45. The Balaban J connectivity index is 1.77. The molecule has 1 atom stereocenters. The van der Waals surface area contributed by atoms with E-state index >= 15 is 0 Å². The van der Waals surface area contributed by atoms with E-state index in [1.807, 2.05) is 0 Å². The van der Waals surface area contributed by atoms with Gasteiger partial charge in [-0.1, -0.05) is 11.3 Å². The van der Waals surface area contributed by atoms with Gasteiger partial charge in [0.2, 0.25) is 5.75 Å². The number of rotatable bonds is 9. The normalized spacial score (nSPS) is 16.5. The van der Waals surface area contributed by atoms with E-state index in [0.29, 0.717) is 43.4 Å². The molecule has 0 bridgehead atoms. The molecule has 2 aromatic carbocycles. The smallest absolute Gasteiger partial charge is 0.338 e. The van der Waals surface area contributed by atoms with Crippen LogP contribution in [0.5, 0.6) is 17.2 Å². The number of carbonyl (C=O) groups excluding carboxylic acids is 1. The summed E-state index contributed by atoms with van der Waals surface area (Å²) in [5, 5.41) is 11.6. The van der Waals surface area contributed by atoms with Gasteiger partial charge in [0, 0.05) is 36.5 Å². The van der Waals surface area contributed by atoms with Gasteiger partial charge in [-0.2, -0.15) is 0 Å². The van der Waals surface area contributed by atoms with E-state index in [1.54, 1.807) is 38.1 Å². The molecule has 3 heterocycles. The van der Waals surface area contributed by atoms with Crippen molar-refractivity contribution in [3.8, 4) is 17.2 Å². The molecular weight excluding hydrogens is 576 g/mol. The van der Waals surface area contributed by atoms with E-state index < -0.39 is 22.5 Å². The number of nitro groups is 1. The summed E-state index contributed by atoms with van der Waals surface area (Å²) < 4.78 is 23.8. The van der Waals surface area contributed by atoms with Gasteiger partial charge in [-0.3, -0.25) is 19.5 Å². The number of fused-ring (bicyclic) bond motifs is 1. The molecule has 1 saturated heterocycles. The predicted molar refractivity (Wildman–Crippen MR) is 161 cm³/mol. The molecule has 3 aromatic rings. The fraction of sp³-hybridized carbons (Fsp3) is 0.367. The summed E-state index contributed by atoms with van der Waals surface area (Å²) in [4.78, 5) is 45.8. The van der Waals surface area contributed by atoms with Crippen LogP contribution >= 0.6 is 11.3 Å². The lowest BCUT2D eigenvalue weighted by molar-refractivity contribution is -0.384. The minimum atomic E-state index is -0.922. The number of aromatic nitrogens is 1. The summed E-state index contributed by atoms with van der Waals surface area (Å²) in [6, 6.07) is 7.15. The summed E-state index contributed by atoms with van der Waals surface area (Å²) in [6.07, 6.45) is 3.70. The fourth-order valence-corrected chi connectivity index (χ4v) is 6.56. The largest absolute Gasteiger partial charge is 0.493 e. The molecule has 12 nitrogen and oxygen atoms in total. The van der Waals surface area contributed by atoms with Crippen LogP contribution in [0.1, 0.15) is 43.9 Å². The third-order valence-electron chi connectivity index (χ3n) is 7.48. The maximum Gasteiger partial charge on any atom is 0.338 e. The third-order valence-corrected chi connectivity index (χ3v) is 8.46. The van der Waals surface area contributed by atoms with E-state index in [4.69, 9.17) is 18.9 Å². The number of hydrogen-bond acceptors (Lipinski definition) is 11. The van der Waals surface area contributed by atoms with Crippen LogP contribution in [-0.2, 0) is 9.53 Å². The molecule has 0 radical (unpaired) electrons. The average Bonchev–Trinajstić information content (AvgIpc) is 3.64. The lowest BCUT2D eigenvalue weighted by Gasteiger charge is -2.26. The molecule has 2 aliphatic heterocycles. The molecule has 1 aromatic heterocycles. The molecular formula is C30H32N4O8S. The van der Waals surface area contributed by atoms with Gasteiger partial charge in [-0.05, 0) is 56.5 Å². The number of esters is 1. The minimum Gasteiger partial charge on any atom is -0.493 e. The van der Waals surface area contributed by atoms with Gasteiger partial charge in [0.1, 0.15) is 0 Å². The summed E-state index contributed by atoms with van der Waals surface area (Å²) in [6.45, 7) is 5.18. The first kappa shape index (κ1) is 29.8. The topological polar surface area (TPSA) is 135 Å². The van der Waals surface area contributed by atoms with Crippen LogP contribution in [0.4, 0.5) is 11.4 Å². The maximum atomic E-state index is 14.2. The van der Waals surface area contributed by atoms with E-state index in [2.05, 4.69) is 9.89 Å². The number of benzene rings is 2. The Bertz CT molecular complexity index is 1780. The maximum absolute atomic E-state index is 14.2. The first-order valence-electron chi connectivity index (χ1n) is 13.7. The molecule has 1 unspecified atom stereocenters. The molecule has 0 amide bonds. The zero-order valence-corrected chi connectivity index (χ0v) is 25.4. The van der Waals surface area contributed by atoms with Crippen LogP contribution < -0.4 is 34.0 Å². The number of methoxy groups -OCH3 is 3. The van der Waals surface area contributed by atoms with E-state index in [9.17, 15) is 19.7 Å². The number of thiazole rings is 1. The Hall–Kier alpha value is -4.65. The highest BCUT2D eigenvalue weighted by atomic mass is 32.1. The molecule has 0 saturated carbocycles. The Kier molecular flexibility index (Phi) is 8.53. The van der Waals surface area contributed by atoms with Gasteiger partial charge in [-0.25, -0.2) is 9.79 Å². The minimum absolute atomic E-state index is 0.0716. The molecule has 226 valence electrons. The first-order chi connectivity index (χ1) is 20.7. The van der Waals surface area contributed by atoms with Gasteiger partial charge in [-0.15, -0.1) is 0 Å². The summed E-state index contributed by atoms with van der Waals surface area (Å²) in [5.74, 6) is 0.457. The highest BCUT2D eigenvalue weighted by molar-refractivity contribution is 7.07. The van der Waals surface area contributed by atoms with Gasteiger partial charge in [0.25, 0.3) is 11.2 Å². The zero-order valence-electron chi connectivity index (χ0n) is 24.5. The van der Waals surface area contributed by atoms with Gasteiger partial charge < -0.3 is 23.8 Å². The van der Waals surface area contributed by atoms with Crippen molar-refractivity contribution >= 4 is 34.8 Å². The summed E-state index contributed by atoms with van der Waals surface area (Å²) in [5.41, 5.74) is 2.02. The van der Waals surface area contributed by atoms with Crippen LogP contribution in [0.15, 0.2) is 51.4 Å².